The molecule has 1 unspecified atom stereocenters. The average molecular weight is 281 g/mol. The summed E-state index contributed by atoms with van der Waals surface area (Å²) in [6.45, 7) is 1.93. The van der Waals surface area contributed by atoms with E-state index in [0.29, 0.717) is 17.8 Å². The van der Waals surface area contributed by atoms with E-state index in [2.05, 4.69) is 16.0 Å². The molecule has 0 aromatic carbocycles. The molecule has 0 saturated carbocycles. The second kappa shape index (κ2) is 7.44. The lowest BCUT2D eigenvalue weighted by Crippen LogP contribution is -2.34. The first-order chi connectivity index (χ1) is 9.45. The van der Waals surface area contributed by atoms with Gasteiger partial charge in [0.25, 0.3) is 0 Å². The van der Waals surface area contributed by atoms with Crippen molar-refractivity contribution < 1.29 is 19.5 Å². The van der Waals surface area contributed by atoms with Crippen LogP contribution in [0, 0.1) is 5.92 Å². The van der Waals surface area contributed by atoms with Crippen molar-refractivity contribution in [1.29, 1.82) is 0 Å². The number of carboxylic acid groups (broad SMARTS) is 1. The van der Waals surface area contributed by atoms with Crippen molar-refractivity contribution in [2.24, 2.45) is 5.92 Å². The van der Waals surface area contributed by atoms with Gasteiger partial charge in [-0.3, -0.25) is 14.4 Å². The number of allylic oxidation sites excluding steroid dienone is 2. The van der Waals surface area contributed by atoms with Crippen LogP contribution >= 0.6 is 0 Å². The largest absolute Gasteiger partial charge is 0.481 e. The fourth-order valence-corrected chi connectivity index (χ4v) is 1.56. The maximum Gasteiger partial charge on any atom is 0.308 e. The van der Waals surface area contributed by atoms with Crippen molar-refractivity contribution in [2.75, 3.05) is 20.3 Å². The van der Waals surface area contributed by atoms with Crippen molar-refractivity contribution in [3.05, 3.63) is 23.3 Å². The molecule has 110 valence electrons. The number of hydrogen-bond acceptors (Lipinski definition) is 4. The molecule has 0 aliphatic heterocycles. The van der Waals surface area contributed by atoms with E-state index in [1.807, 2.05) is 0 Å². The lowest BCUT2D eigenvalue weighted by Gasteiger charge is -2.10. The third-order valence-corrected chi connectivity index (χ3v) is 2.87. The summed E-state index contributed by atoms with van der Waals surface area (Å²) in [6, 6.07) is 0. The van der Waals surface area contributed by atoms with Crippen LogP contribution in [0.25, 0.3) is 0 Å². The van der Waals surface area contributed by atoms with Crippen LogP contribution in [0.15, 0.2) is 23.3 Å². The maximum absolute atomic E-state index is 11.8. The Balaban J connectivity index is 2.40. The van der Waals surface area contributed by atoms with E-state index in [4.69, 9.17) is 5.11 Å². The van der Waals surface area contributed by atoms with Gasteiger partial charge in [0.2, 0.25) is 11.8 Å². The average Bonchev–Trinajstić information content (AvgIpc) is 2.91. The van der Waals surface area contributed by atoms with E-state index in [0.717, 1.165) is 0 Å². The zero-order chi connectivity index (χ0) is 15.1. The Bertz CT molecular complexity index is 468. The van der Waals surface area contributed by atoms with Crippen molar-refractivity contribution >= 4 is 17.8 Å². The second-order valence-electron chi connectivity index (χ2n) is 4.55. The minimum atomic E-state index is -0.962. The predicted octanol–water partition coefficient (Wildman–Crippen LogP) is -0.627. The van der Waals surface area contributed by atoms with Gasteiger partial charge in [0.1, 0.15) is 0 Å². The number of rotatable bonds is 7. The van der Waals surface area contributed by atoms with Crippen LogP contribution < -0.4 is 16.0 Å². The van der Waals surface area contributed by atoms with Gasteiger partial charge in [-0.1, -0.05) is 19.1 Å². The molecular formula is C13H19N3O4. The number of carbonyl (C=O) groups excluding carboxylic acids is 2. The zero-order valence-electron chi connectivity index (χ0n) is 11.5. The molecule has 0 saturated heterocycles. The Kier molecular flexibility index (Phi) is 5.92. The number of nitrogens with one attached hydrogen (secondary N) is 3. The van der Waals surface area contributed by atoms with Crippen LogP contribution in [0.4, 0.5) is 0 Å². The number of aliphatic carboxylic acids is 1. The molecular weight excluding hydrogens is 262 g/mol. The molecule has 1 aliphatic rings. The summed E-state index contributed by atoms with van der Waals surface area (Å²) in [5.41, 5.74) is 0.967. The summed E-state index contributed by atoms with van der Waals surface area (Å²) in [5.74, 6) is -2.17. The number of carbonyl (C=O) groups is 3. The van der Waals surface area contributed by atoms with Gasteiger partial charge in [0, 0.05) is 24.1 Å². The molecule has 7 heteroatoms. The third kappa shape index (κ3) is 4.51. The summed E-state index contributed by atoms with van der Waals surface area (Å²) in [6.07, 6.45) is 3.43. The van der Waals surface area contributed by atoms with Gasteiger partial charge in [-0.2, -0.15) is 0 Å². The summed E-state index contributed by atoms with van der Waals surface area (Å²) in [7, 11) is 1.71. The first kappa shape index (κ1) is 15.9. The third-order valence-electron chi connectivity index (χ3n) is 2.87. The van der Waals surface area contributed by atoms with E-state index >= 15 is 0 Å². The topological polar surface area (TPSA) is 108 Å². The molecule has 0 aromatic heterocycles. The van der Waals surface area contributed by atoms with E-state index in [-0.39, 0.29) is 24.8 Å². The van der Waals surface area contributed by atoms with Crippen molar-refractivity contribution in [1.82, 2.24) is 16.0 Å². The molecule has 0 radical (unpaired) electrons. The van der Waals surface area contributed by atoms with Gasteiger partial charge >= 0.3 is 5.97 Å². The van der Waals surface area contributed by atoms with Crippen molar-refractivity contribution in [3.63, 3.8) is 0 Å². The van der Waals surface area contributed by atoms with Gasteiger partial charge in [0.05, 0.1) is 12.6 Å². The predicted molar refractivity (Wildman–Crippen MR) is 72.7 cm³/mol. The highest BCUT2D eigenvalue weighted by Gasteiger charge is 2.21. The van der Waals surface area contributed by atoms with Crippen LogP contribution in [0.1, 0.15) is 13.3 Å². The summed E-state index contributed by atoms with van der Waals surface area (Å²) < 4.78 is 0. The fourth-order valence-electron chi connectivity index (χ4n) is 1.56. The normalized spacial score (nSPS) is 15.1. The molecule has 1 rings (SSSR count). The van der Waals surface area contributed by atoms with Crippen LogP contribution in [0.2, 0.25) is 0 Å². The molecule has 0 heterocycles. The molecule has 0 spiro atoms. The van der Waals surface area contributed by atoms with Crippen LogP contribution in [-0.4, -0.2) is 43.2 Å². The van der Waals surface area contributed by atoms with Gasteiger partial charge in [0.15, 0.2) is 0 Å². The Labute approximate surface area is 117 Å². The van der Waals surface area contributed by atoms with Gasteiger partial charge in [-0.05, 0) is 7.05 Å². The number of hydrogen-bond donors (Lipinski definition) is 4. The zero-order valence-corrected chi connectivity index (χ0v) is 11.5. The van der Waals surface area contributed by atoms with Crippen LogP contribution in [-0.2, 0) is 14.4 Å². The highest BCUT2D eigenvalue weighted by molar-refractivity contribution is 6.01. The fraction of sp³-hybridized carbons (Fsp3) is 0.462. The SMILES string of the molecule is CNCNC(=O)C1=CC=C(C(=O)NCC(C)C(=O)O)C1. The number of amides is 2. The van der Waals surface area contributed by atoms with Gasteiger partial charge in [-0.25, -0.2) is 0 Å². The van der Waals surface area contributed by atoms with Crippen LogP contribution in [0.5, 0.6) is 0 Å². The first-order valence-corrected chi connectivity index (χ1v) is 6.29. The smallest absolute Gasteiger partial charge is 0.308 e. The maximum atomic E-state index is 11.8. The highest BCUT2D eigenvalue weighted by Crippen LogP contribution is 2.19. The summed E-state index contributed by atoms with van der Waals surface area (Å²) in [5, 5.41) is 16.7. The van der Waals surface area contributed by atoms with Gasteiger partial charge in [-0.15, -0.1) is 0 Å². The van der Waals surface area contributed by atoms with E-state index in [1.54, 1.807) is 19.2 Å². The molecule has 0 aromatic rings. The summed E-state index contributed by atoms with van der Waals surface area (Å²) >= 11 is 0. The van der Waals surface area contributed by atoms with Crippen molar-refractivity contribution in [3.8, 4) is 0 Å². The lowest BCUT2D eigenvalue weighted by molar-refractivity contribution is -0.141. The molecule has 4 N–H and O–H groups in total. The van der Waals surface area contributed by atoms with E-state index < -0.39 is 11.9 Å². The molecule has 7 nitrogen and oxygen atoms in total. The Morgan fingerprint density at radius 3 is 2.25 bits per heavy atom. The van der Waals surface area contributed by atoms with E-state index in [9.17, 15) is 14.4 Å². The molecule has 20 heavy (non-hydrogen) atoms. The Hall–Kier alpha value is -2.15. The minimum absolute atomic E-state index is 0.0623. The quantitative estimate of drug-likeness (QED) is 0.465. The Morgan fingerprint density at radius 2 is 1.75 bits per heavy atom. The standard InChI is InChI=1S/C13H19N3O4/c1-8(13(19)20)6-15-11(17)9-3-4-10(5-9)12(18)16-7-14-2/h3-4,8,14H,5-7H2,1-2H3,(H,15,17)(H,16,18)(H,19,20). The van der Waals surface area contributed by atoms with Crippen molar-refractivity contribution in [2.45, 2.75) is 13.3 Å². The highest BCUT2D eigenvalue weighted by atomic mass is 16.4. The second-order valence-corrected chi connectivity index (χ2v) is 4.55. The van der Waals surface area contributed by atoms with Gasteiger partial charge < -0.3 is 21.1 Å². The molecule has 1 aliphatic carbocycles. The molecule has 0 bridgehead atoms. The monoisotopic (exact) mass is 281 g/mol. The molecule has 1 atom stereocenters. The lowest BCUT2D eigenvalue weighted by atomic mass is 10.1. The number of carboxylic acids is 1. The van der Waals surface area contributed by atoms with Crippen LogP contribution in [0.3, 0.4) is 0 Å². The minimum Gasteiger partial charge on any atom is -0.481 e. The molecule has 2 amide bonds. The summed E-state index contributed by atoms with van der Waals surface area (Å²) in [4.78, 5) is 34.1. The molecule has 0 fully saturated rings. The van der Waals surface area contributed by atoms with E-state index in [1.165, 1.54) is 6.92 Å². The first-order valence-electron chi connectivity index (χ1n) is 6.29. The Morgan fingerprint density at radius 1 is 1.20 bits per heavy atom.